The van der Waals surface area contributed by atoms with E-state index >= 15 is 0 Å². The molecule has 1 amide bonds. The third-order valence-corrected chi connectivity index (χ3v) is 3.88. The van der Waals surface area contributed by atoms with E-state index in [1.807, 2.05) is 25.1 Å². The average molecular weight is 364 g/mol. The average Bonchev–Trinajstić information content (AvgIpc) is 2.42. The van der Waals surface area contributed by atoms with Crippen LogP contribution in [0, 0.1) is 0 Å². The van der Waals surface area contributed by atoms with Gasteiger partial charge < -0.3 is 15.4 Å². The fourth-order valence-electron chi connectivity index (χ4n) is 2.12. The van der Waals surface area contributed by atoms with Crippen LogP contribution in [0.5, 0.6) is 0 Å². The van der Waals surface area contributed by atoms with Gasteiger partial charge in [0.1, 0.15) is 6.04 Å². The van der Waals surface area contributed by atoms with Crippen molar-refractivity contribution in [3.8, 4) is 0 Å². The number of hydrogen-bond acceptors (Lipinski definition) is 3. The van der Waals surface area contributed by atoms with Crippen molar-refractivity contribution >= 4 is 34.2 Å². The molecular formula is C14H20BrClN2O2. The molecule has 0 aromatic heterocycles. The SMILES string of the molecule is CC(Cc1ccccc1Br)NC(=O)C1COCCN1.Cl. The highest BCUT2D eigenvalue weighted by atomic mass is 79.9. The predicted octanol–water partition coefficient (Wildman–Crippen LogP) is 1.91. The summed E-state index contributed by atoms with van der Waals surface area (Å²) in [6.07, 6.45) is 0.806. The van der Waals surface area contributed by atoms with Gasteiger partial charge in [-0.15, -0.1) is 12.4 Å². The highest BCUT2D eigenvalue weighted by Crippen LogP contribution is 2.17. The van der Waals surface area contributed by atoms with Crippen LogP contribution in [0.15, 0.2) is 28.7 Å². The molecule has 0 radical (unpaired) electrons. The molecule has 2 atom stereocenters. The van der Waals surface area contributed by atoms with Crippen molar-refractivity contribution < 1.29 is 9.53 Å². The lowest BCUT2D eigenvalue weighted by Gasteiger charge is -2.25. The minimum atomic E-state index is -0.226. The van der Waals surface area contributed by atoms with Gasteiger partial charge in [0.2, 0.25) is 5.91 Å². The molecule has 0 bridgehead atoms. The molecule has 2 rings (SSSR count). The van der Waals surface area contributed by atoms with E-state index in [-0.39, 0.29) is 30.4 Å². The summed E-state index contributed by atoms with van der Waals surface area (Å²) >= 11 is 3.52. The first-order valence-corrected chi connectivity index (χ1v) is 7.31. The summed E-state index contributed by atoms with van der Waals surface area (Å²) in [4.78, 5) is 12.0. The summed E-state index contributed by atoms with van der Waals surface area (Å²) in [5.74, 6) is 0.0132. The Kier molecular flexibility index (Phi) is 7.51. The first-order valence-electron chi connectivity index (χ1n) is 6.51. The monoisotopic (exact) mass is 362 g/mol. The van der Waals surface area contributed by atoms with Gasteiger partial charge in [0, 0.05) is 17.1 Å². The van der Waals surface area contributed by atoms with Crippen molar-refractivity contribution in [2.75, 3.05) is 19.8 Å². The molecule has 1 aromatic rings. The first-order chi connectivity index (χ1) is 9.16. The molecule has 0 spiro atoms. The molecule has 4 nitrogen and oxygen atoms in total. The second-order valence-electron chi connectivity index (χ2n) is 4.79. The third kappa shape index (κ3) is 5.05. The molecule has 0 saturated carbocycles. The van der Waals surface area contributed by atoms with Crippen molar-refractivity contribution in [3.05, 3.63) is 34.3 Å². The Morgan fingerprint density at radius 2 is 2.30 bits per heavy atom. The van der Waals surface area contributed by atoms with Gasteiger partial charge in [0.05, 0.1) is 13.2 Å². The second-order valence-corrected chi connectivity index (χ2v) is 5.64. The van der Waals surface area contributed by atoms with E-state index in [1.54, 1.807) is 0 Å². The first kappa shape index (κ1) is 17.4. The largest absolute Gasteiger partial charge is 0.378 e. The lowest BCUT2D eigenvalue weighted by Crippen LogP contribution is -2.53. The highest BCUT2D eigenvalue weighted by Gasteiger charge is 2.22. The summed E-state index contributed by atoms with van der Waals surface area (Å²) in [5.41, 5.74) is 1.20. The van der Waals surface area contributed by atoms with Crippen LogP contribution in [0.3, 0.4) is 0 Å². The zero-order valence-corrected chi connectivity index (χ0v) is 13.8. The molecule has 0 aliphatic carbocycles. The van der Waals surface area contributed by atoms with E-state index in [4.69, 9.17) is 4.74 Å². The van der Waals surface area contributed by atoms with Crippen LogP contribution in [0.1, 0.15) is 12.5 Å². The van der Waals surface area contributed by atoms with Gasteiger partial charge >= 0.3 is 0 Å². The number of carbonyl (C=O) groups is 1. The number of nitrogens with one attached hydrogen (secondary N) is 2. The Labute approximate surface area is 134 Å². The van der Waals surface area contributed by atoms with Gasteiger partial charge in [-0.05, 0) is 25.0 Å². The molecule has 1 saturated heterocycles. The normalized spacial score (nSPS) is 19.8. The van der Waals surface area contributed by atoms with Crippen molar-refractivity contribution in [2.45, 2.75) is 25.4 Å². The quantitative estimate of drug-likeness (QED) is 0.859. The predicted molar refractivity (Wildman–Crippen MR) is 85.3 cm³/mol. The van der Waals surface area contributed by atoms with Crippen molar-refractivity contribution in [1.29, 1.82) is 0 Å². The zero-order chi connectivity index (χ0) is 13.7. The van der Waals surface area contributed by atoms with E-state index in [2.05, 4.69) is 32.6 Å². The van der Waals surface area contributed by atoms with Crippen molar-refractivity contribution in [1.82, 2.24) is 10.6 Å². The lowest BCUT2D eigenvalue weighted by molar-refractivity contribution is -0.126. The molecule has 6 heteroatoms. The number of benzene rings is 1. The molecule has 1 aliphatic rings. The zero-order valence-electron chi connectivity index (χ0n) is 11.4. The lowest BCUT2D eigenvalue weighted by atomic mass is 10.1. The maximum atomic E-state index is 12.0. The van der Waals surface area contributed by atoms with Crippen LogP contribution in [-0.2, 0) is 16.0 Å². The topological polar surface area (TPSA) is 50.4 Å². The number of amides is 1. The summed E-state index contributed by atoms with van der Waals surface area (Å²) in [5, 5.41) is 6.18. The Morgan fingerprint density at radius 1 is 1.55 bits per heavy atom. The van der Waals surface area contributed by atoms with Crippen LogP contribution in [0.4, 0.5) is 0 Å². The fourth-order valence-corrected chi connectivity index (χ4v) is 2.57. The maximum absolute atomic E-state index is 12.0. The van der Waals surface area contributed by atoms with Gasteiger partial charge in [-0.2, -0.15) is 0 Å². The molecule has 2 unspecified atom stereocenters. The highest BCUT2D eigenvalue weighted by molar-refractivity contribution is 9.10. The summed E-state index contributed by atoms with van der Waals surface area (Å²) in [7, 11) is 0. The molecule has 1 aliphatic heterocycles. The Hall–Kier alpha value is -0.620. The van der Waals surface area contributed by atoms with Gasteiger partial charge in [-0.3, -0.25) is 4.79 Å². The number of ether oxygens (including phenoxy) is 1. The molecular weight excluding hydrogens is 344 g/mol. The van der Waals surface area contributed by atoms with E-state index in [9.17, 15) is 4.79 Å². The smallest absolute Gasteiger partial charge is 0.239 e. The standard InChI is InChI=1S/C14H19BrN2O2.ClH/c1-10(8-11-4-2-3-5-12(11)15)17-14(18)13-9-19-7-6-16-13;/h2-5,10,13,16H,6-9H2,1H3,(H,17,18);1H. The van der Waals surface area contributed by atoms with Crippen molar-refractivity contribution in [3.63, 3.8) is 0 Å². The molecule has 1 aromatic carbocycles. The minimum Gasteiger partial charge on any atom is -0.378 e. The summed E-state index contributed by atoms with van der Waals surface area (Å²) in [6, 6.07) is 7.94. The Bertz CT molecular complexity index is 439. The van der Waals surface area contributed by atoms with Gasteiger partial charge in [-0.1, -0.05) is 34.1 Å². The van der Waals surface area contributed by atoms with Gasteiger partial charge in [0.25, 0.3) is 0 Å². The van der Waals surface area contributed by atoms with Gasteiger partial charge in [0.15, 0.2) is 0 Å². The van der Waals surface area contributed by atoms with E-state index in [0.717, 1.165) is 17.4 Å². The number of morpholine rings is 1. The van der Waals surface area contributed by atoms with E-state index in [0.29, 0.717) is 13.2 Å². The second kappa shape index (κ2) is 8.62. The number of hydrogen-bond donors (Lipinski definition) is 2. The van der Waals surface area contributed by atoms with Crippen LogP contribution in [-0.4, -0.2) is 37.7 Å². The van der Waals surface area contributed by atoms with E-state index in [1.165, 1.54) is 5.56 Å². The number of rotatable bonds is 4. The third-order valence-electron chi connectivity index (χ3n) is 3.11. The number of halogens is 2. The summed E-state index contributed by atoms with van der Waals surface area (Å²) < 4.78 is 6.37. The number of carbonyl (C=O) groups excluding carboxylic acids is 1. The van der Waals surface area contributed by atoms with Crippen LogP contribution in [0.25, 0.3) is 0 Å². The van der Waals surface area contributed by atoms with Gasteiger partial charge in [-0.25, -0.2) is 0 Å². The Balaban J connectivity index is 0.00000200. The molecule has 112 valence electrons. The molecule has 2 N–H and O–H groups in total. The minimum absolute atomic E-state index is 0. The fraction of sp³-hybridized carbons (Fsp3) is 0.500. The maximum Gasteiger partial charge on any atom is 0.239 e. The molecule has 1 heterocycles. The summed E-state index contributed by atoms with van der Waals surface area (Å²) in [6.45, 7) is 3.88. The van der Waals surface area contributed by atoms with Crippen molar-refractivity contribution in [2.24, 2.45) is 0 Å². The van der Waals surface area contributed by atoms with E-state index < -0.39 is 0 Å². The van der Waals surface area contributed by atoms with Crippen LogP contribution >= 0.6 is 28.3 Å². The molecule has 20 heavy (non-hydrogen) atoms. The molecule has 1 fully saturated rings. The van der Waals surface area contributed by atoms with Crippen LogP contribution in [0.2, 0.25) is 0 Å². The van der Waals surface area contributed by atoms with Crippen LogP contribution < -0.4 is 10.6 Å². The Morgan fingerprint density at radius 3 is 2.95 bits per heavy atom.